The molecular weight excluding hydrogens is 152 g/mol. The molecule has 2 unspecified atom stereocenters. The van der Waals surface area contributed by atoms with Gasteiger partial charge in [-0.3, -0.25) is 0 Å². The summed E-state index contributed by atoms with van der Waals surface area (Å²) in [5.41, 5.74) is 0.273. The first-order chi connectivity index (χ1) is 5.74. The molecule has 2 fully saturated rings. The SMILES string of the molecule is CC1CCC(CC2(CO)CC2)O1. The van der Waals surface area contributed by atoms with Gasteiger partial charge in [-0.2, -0.15) is 0 Å². The highest BCUT2D eigenvalue weighted by molar-refractivity contribution is 4.95. The van der Waals surface area contributed by atoms with Crippen molar-refractivity contribution in [1.82, 2.24) is 0 Å². The number of ether oxygens (including phenoxy) is 1. The molecule has 12 heavy (non-hydrogen) atoms. The summed E-state index contributed by atoms with van der Waals surface area (Å²) in [4.78, 5) is 0. The first-order valence-corrected chi connectivity index (χ1v) is 5.00. The van der Waals surface area contributed by atoms with Gasteiger partial charge < -0.3 is 9.84 Å². The standard InChI is InChI=1S/C10H18O2/c1-8-2-3-9(12-8)6-10(7-11)4-5-10/h8-9,11H,2-7H2,1H3. The highest BCUT2D eigenvalue weighted by Crippen LogP contribution is 2.50. The summed E-state index contributed by atoms with van der Waals surface area (Å²) < 4.78 is 5.73. The van der Waals surface area contributed by atoms with E-state index in [9.17, 15) is 0 Å². The van der Waals surface area contributed by atoms with Crippen molar-refractivity contribution in [2.45, 2.75) is 51.2 Å². The van der Waals surface area contributed by atoms with Crippen LogP contribution in [0.2, 0.25) is 0 Å². The Morgan fingerprint density at radius 2 is 2.17 bits per heavy atom. The molecule has 1 N–H and O–H groups in total. The van der Waals surface area contributed by atoms with E-state index in [-0.39, 0.29) is 5.41 Å². The summed E-state index contributed by atoms with van der Waals surface area (Å²) in [7, 11) is 0. The van der Waals surface area contributed by atoms with Crippen LogP contribution in [0.4, 0.5) is 0 Å². The first kappa shape index (κ1) is 8.52. The van der Waals surface area contributed by atoms with E-state index in [1.165, 1.54) is 25.7 Å². The van der Waals surface area contributed by atoms with E-state index < -0.39 is 0 Å². The molecule has 2 rings (SSSR count). The molecule has 2 nitrogen and oxygen atoms in total. The Bertz CT molecular complexity index is 163. The van der Waals surface area contributed by atoms with Crippen molar-refractivity contribution in [2.24, 2.45) is 5.41 Å². The van der Waals surface area contributed by atoms with Gasteiger partial charge >= 0.3 is 0 Å². The molecule has 1 heterocycles. The molecule has 1 saturated heterocycles. The smallest absolute Gasteiger partial charge is 0.0585 e. The van der Waals surface area contributed by atoms with Crippen LogP contribution in [-0.4, -0.2) is 23.9 Å². The first-order valence-electron chi connectivity index (χ1n) is 5.00. The molecule has 1 aliphatic heterocycles. The summed E-state index contributed by atoms with van der Waals surface area (Å²) >= 11 is 0. The lowest BCUT2D eigenvalue weighted by Gasteiger charge is -2.17. The van der Waals surface area contributed by atoms with Gasteiger partial charge in [0.05, 0.1) is 12.2 Å². The normalized spacial score (nSPS) is 38.5. The Hall–Kier alpha value is -0.0800. The quantitative estimate of drug-likeness (QED) is 0.698. The summed E-state index contributed by atoms with van der Waals surface area (Å²) in [5.74, 6) is 0. The molecule has 0 amide bonds. The van der Waals surface area contributed by atoms with E-state index in [0.717, 1.165) is 6.42 Å². The van der Waals surface area contributed by atoms with Gasteiger partial charge in [-0.05, 0) is 44.4 Å². The van der Waals surface area contributed by atoms with Gasteiger partial charge in [-0.25, -0.2) is 0 Å². The third-order valence-corrected chi connectivity index (χ3v) is 3.27. The number of aliphatic hydroxyl groups is 1. The molecule has 1 aliphatic carbocycles. The highest BCUT2D eigenvalue weighted by Gasteiger charge is 2.44. The van der Waals surface area contributed by atoms with Gasteiger partial charge in [0.2, 0.25) is 0 Å². The van der Waals surface area contributed by atoms with Crippen LogP contribution in [-0.2, 0) is 4.74 Å². The number of aliphatic hydroxyl groups excluding tert-OH is 1. The third-order valence-electron chi connectivity index (χ3n) is 3.27. The zero-order chi connectivity index (χ0) is 8.60. The molecule has 70 valence electrons. The maximum Gasteiger partial charge on any atom is 0.0585 e. The van der Waals surface area contributed by atoms with Crippen molar-refractivity contribution in [2.75, 3.05) is 6.61 Å². The fourth-order valence-corrected chi connectivity index (χ4v) is 2.12. The minimum absolute atomic E-state index is 0.273. The van der Waals surface area contributed by atoms with Crippen LogP contribution in [0.1, 0.15) is 39.0 Å². The lowest BCUT2D eigenvalue weighted by molar-refractivity contribution is 0.0294. The Labute approximate surface area is 73.9 Å². The van der Waals surface area contributed by atoms with Crippen LogP contribution in [0.5, 0.6) is 0 Å². The van der Waals surface area contributed by atoms with E-state index >= 15 is 0 Å². The molecule has 2 aliphatic rings. The van der Waals surface area contributed by atoms with Crippen LogP contribution in [0.3, 0.4) is 0 Å². The molecule has 2 heteroatoms. The van der Waals surface area contributed by atoms with Gasteiger partial charge in [0.15, 0.2) is 0 Å². The fourth-order valence-electron chi connectivity index (χ4n) is 2.12. The number of hydrogen-bond donors (Lipinski definition) is 1. The van der Waals surface area contributed by atoms with Gasteiger partial charge in [0.25, 0.3) is 0 Å². The Kier molecular flexibility index (Phi) is 2.13. The van der Waals surface area contributed by atoms with Crippen LogP contribution in [0, 0.1) is 5.41 Å². The second-order valence-corrected chi connectivity index (χ2v) is 4.51. The minimum Gasteiger partial charge on any atom is -0.396 e. The second kappa shape index (κ2) is 3.00. The van der Waals surface area contributed by atoms with Crippen LogP contribution in [0.15, 0.2) is 0 Å². The third kappa shape index (κ3) is 1.64. The van der Waals surface area contributed by atoms with Crippen molar-refractivity contribution >= 4 is 0 Å². The maximum atomic E-state index is 9.13. The predicted octanol–water partition coefficient (Wildman–Crippen LogP) is 1.72. The second-order valence-electron chi connectivity index (χ2n) is 4.51. The average Bonchev–Trinajstić information content (AvgIpc) is 2.71. The molecule has 0 aromatic carbocycles. The summed E-state index contributed by atoms with van der Waals surface area (Å²) in [6.07, 6.45) is 6.79. The van der Waals surface area contributed by atoms with Gasteiger partial charge in [0.1, 0.15) is 0 Å². The predicted molar refractivity (Wildman–Crippen MR) is 46.9 cm³/mol. The molecule has 0 spiro atoms. The zero-order valence-electron chi connectivity index (χ0n) is 7.75. The fraction of sp³-hybridized carbons (Fsp3) is 1.00. The number of hydrogen-bond acceptors (Lipinski definition) is 2. The summed E-state index contributed by atoms with van der Waals surface area (Å²) in [6.45, 7) is 2.50. The Morgan fingerprint density at radius 1 is 1.42 bits per heavy atom. The van der Waals surface area contributed by atoms with Gasteiger partial charge in [0, 0.05) is 6.61 Å². The molecule has 0 radical (unpaired) electrons. The molecule has 1 saturated carbocycles. The van der Waals surface area contributed by atoms with Crippen LogP contribution < -0.4 is 0 Å². The lowest BCUT2D eigenvalue weighted by Crippen LogP contribution is -2.17. The Morgan fingerprint density at radius 3 is 2.58 bits per heavy atom. The van der Waals surface area contributed by atoms with Crippen molar-refractivity contribution in [1.29, 1.82) is 0 Å². The topological polar surface area (TPSA) is 29.5 Å². The monoisotopic (exact) mass is 170 g/mol. The molecule has 0 aromatic rings. The number of rotatable bonds is 3. The Balaban J connectivity index is 1.80. The molecule has 0 aromatic heterocycles. The average molecular weight is 170 g/mol. The largest absolute Gasteiger partial charge is 0.396 e. The van der Waals surface area contributed by atoms with Crippen LogP contribution in [0.25, 0.3) is 0 Å². The van der Waals surface area contributed by atoms with Crippen molar-refractivity contribution < 1.29 is 9.84 Å². The van der Waals surface area contributed by atoms with E-state index in [1.54, 1.807) is 0 Å². The summed E-state index contributed by atoms with van der Waals surface area (Å²) in [5, 5.41) is 9.13. The molecule has 2 atom stereocenters. The van der Waals surface area contributed by atoms with Gasteiger partial charge in [-0.1, -0.05) is 0 Å². The van der Waals surface area contributed by atoms with E-state index in [0.29, 0.717) is 18.8 Å². The molecular formula is C10H18O2. The van der Waals surface area contributed by atoms with Crippen molar-refractivity contribution in [3.05, 3.63) is 0 Å². The summed E-state index contributed by atoms with van der Waals surface area (Å²) in [6, 6.07) is 0. The highest BCUT2D eigenvalue weighted by atomic mass is 16.5. The van der Waals surface area contributed by atoms with Crippen LogP contribution >= 0.6 is 0 Å². The van der Waals surface area contributed by atoms with Crippen molar-refractivity contribution in [3.63, 3.8) is 0 Å². The van der Waals surface area contributed by atoms with E-state index in [1.807, 2.05) is 0 Å². The minimum atomic E-state index is 0.273. The lowest BCUT2D eigenvalue weighted by atomic mass is 9.98. The molecule has 0 bridgehead atoms. The zero-order valence-corrected chi connectivity index (χ0v) is 7.75. The van der Waals surface area contributed by atoms with E-state index in [4.69, 9.17) is 9.84 Å². The van der Waals surface area contributed by atoms with Gasteiger partial charge in [-0.15, -0.1) is 0 Å². The van der Waals surface area contributed by atoms with E-state index in [2.05, 4.69) is 6.92 Å². The maximum absolute atomic E-state index is 9.13. The van der Waals surface area contributed by atoms with Crippen molar-refractivity contribution in [3.8, 4) is 0 Å².